The van der Waals surface area contributed by atoms with Crippen molar-refractivity contribution in [2.24, 2.45) is 16.0 Å². The first-order valence-corrected chi connectivity index (χ1v) is 6.53. The number of benzene rings is 1. The van der Waals surface area contributed by atoms with E-state index in [2.05, 4.69) is 15.5 Å². The standard InChI is InChI=1S/C9H10N4O5S.Na/c10-9(15)13-12-6-1-4-2-8(19(16,17)18)11-5(4)3-7(6)14;/h1,3,8,11,14H,2H2,(H2,10,15)(H,16,17,18);/q;+1/p-1. The maximum absolute atomic E-state index is 10.9. The van der Waals surface area contributed by atoms with Crippen molar-refractivity contribution in [3.63, 3.8) is 0 Å². The van der Waals surface area contributed by atoms with E-state index in [-0.39, 0.29) is 47.4 Å². The molecule has 1 aliphatic rings. The molecule has 0 aromatic heterocycles. The Kier molecular flexibility index (Phi) is 5.10. The average Bonchev–Trinajstić information content (AvgIpc) is 2.68. The molecule has 1 aromatic carbocycles. The number of phenolic OH excluding ortho intramolecular Hbond substituents is 1. The number of nitrogens with two attached hydrogens (primary N) is 1. The van der Waals surface area contributed by atoms with Gasteiger partial charge in [0, 0.05) is 18.2 Å². The van der Waals surface area contributed by atoms with Crippen LogP contribution in [0.4, 0.5) is 16.2 Å². The number of primary amides is 1. The van der Waals surface area contributed by atoms with Gasteiger partial charge in [-0.1, -0.05) is 5.11 Å². The van der Waals surface area contributed by atoms with E-state index in [0.29, 0.717) is 11.3 Å². The molecule has 0 radical (unpaired) electrons. The summed E-state index contributed by atoms with van der Waals surface area (Å²) in [7, 11) is -4.49. The van der Waals surface area contributed by atoms with Crippen molar-refractivity contribution in [2.45, 2.75) is 11.8 Å². The molecule has 0 spiro atoms. The quantitative estimate of drug-likeness (QED) is 0.309. The summed E-state index contributed by atoms with van der Waals surface area (Å²) in [5, 5.41) is 17.3. The van der Waals surface area contributed by atoms with Gasteiger partial charge in [-0.15, -0.1) is 5.11 Å². The first kappa shape index (κ1) is 16.9. The fourth-order valence-electron chi connectivity index (χ4n) is 1.71. The van der Waals surface area contributed by atoms with Crippen molar-refractivity contribution < 1.29 is 52.4 Å². The summed E-state index contributed by atoms with van der Waals surface area (Å²) < 4.78 is 32.7. The number of anilines is 1. The van der Waals surface area contributed by atoms with Crippen LogP contribution in [0.2, 0.25) is 0 Å². The Morgan fingerprint density at radius 2 is 2.15 bits per heavy atom. The molecule has 1 unspecified atom stereocenters. The number of carbonyl (C=O) groups excluding carboxylic acids is 1. The zero-order valence-electron chi connectivity index (χ0n) is 10.4. The van der Waals surface area contributed by atoms with Gasteiger partial charge >= 0.3 is 35.6 Å². The second kappa shape index (κ2) is 6.06. The number of aromatic hydroxyl groups is 1. The summed E-state index contributed by atoms with van der Waals surface area (Å²) in [6.45, 7) is 0. The number of fused-ring (bicyclic) bond motifs is 1. The number of nitrogens with zero attached hydrogens (tertiary/aromatic N) is 2. The maximum atomic E-state index is 10.9. The van der Waals surface area contributed by atoms with E-state index in [1.165, 1.54) is 12.1 Å². The van der Waals surface area contributed by atoms with E-state index < -0.39 is 21.5 Å². The van der Waals surface area contributed by atoms with Crippen molar-refractivity contribution in [1.82, 2.24) is 0 Å². The SMILES string of the molecule is NC(=O)N=Nc1cc2c(cc1O)NC(S(=O)(=O)[O-])C2.[Na+]. The van der Waals surface area contributed by atoms with Gasteiger partial charge in [-0.05, 0) is 11.6 Å². The second-order valence-electron chi connectivity index (χ2n) is 3.87. The van der Waals surface area contributed by atoms with E-state index in [1.807, 2.05) is 0 Å². The molecule has 0 saturated heterocycles. The average molecular weight is 308 g/mol. The summed E-state index contributed by atoms with van der Waals surface area (Å²) in [5.74, 6) is -0.319. The number of hydrogen-bond donors (Lipinski definition) is 3. The van der Waals surface area contributed by atoms with E-state index in [4.69, 9.17) is 5.73 Å². The van der Waals surface area contributed by atoms with Crippen LogP contribution in [0.5, 0.6) is 5.75 Å². The summed E-state index contributed by atoms with van der Waals surface area (Å²) in [6.07, 6.45) is -0.0550. The smallest absolute Gasteiger partial charge is 0.746 e. The molecule has 0 fully saturated rings. The Bertz CT molecular complexity index is 675. The molecule has 0 saturated carbocycles. The summed E-state index contributed by atoms with van der Waals surface area (Å²) in [4.78, 5) is 10.4. The van der Waals surface area contributed by atoms with Crippen LogP contribution in [0.25, 0.3) is 0 Å². The van der Waals surface area contributed by atoms with E-state index in [9.17, 15) is 22.9 Å². The van der Waals surface area contributed by atoms with Gasteiger partial charge in [0.25, 0.3) is 0 Å². The zero-order valence-corrected chi connectivity index (χ0v) is 13.2. The van der Waals surface area contributed by atoms with Gasteiger partial charge < -0.3 is 20.7 Å². The fourth-order valence-corrected chi connectivity index (χ4v) is 2.36. The zero-order chi connectivity index (χ0) is 14.2. The molecular formula is C9H9N4NaO5S. The van der Waals surface area contributed by atoms with Gasteiger partial charge in [0.05, 0.1) is 0 Å². The molecule has 0 bridgehead atoms. The van der Waals surface area contributed by atoms with Crippen LogP contribution >= 0.6 is 0 Å². The number of rotatable bonds is 2. The topological polar surface area (TPSA) is 157 Å². The predicted molar refractivity (Wildman–Crippen MR) is 63.0 cm³/mol. The van der Waals surface area contributed by atoms with E-state index in [0.717, 1.165) is 0 Å². The third kappa shape index (κ3) is 3.67. The molecule has 4 N–H and O–H groups in total. The van der Waals surface area contributed by atoms with E-state index >= 15 is 0 Å². The minimum absolute atomic E-state index is 0. The second-order valence-corrected chi connectivity index (χ2v) is 5.42. The summed E-state index contributed by atoms with van der Waals surface area (Å²) in [6, 6.07) is 1.50. The number of nitrogens with one attached hydrogen (secondary N) is 1. The summed E-state index contributed by atoms with van der Waals surface area (Å²) in [5.41, 5.74) is 5.52. The molecule has 1 aliphatic heterocycles. The predicted octanol–water partition coefficient (Wildman–Crippen LogP) is -2.60. The Morgan fingerprint density at radius 1 is 1.50 bits per heavy atom. The van der Waals surface area contributed by atoms with Crippen molar-refractivity contribution in [2.75, 3.05) is 5.32 Å². The molecule has 0 aliphatic carbocycles. The Hall–Kier alpha value is -1.20. The molecule has 102 valence electrons. The van der Waals surface area contributed by atoms with Gasteiger partial charge in [0.2, 0.25) is 0 Å². The molecular weight excluding hydrogens is 299 g/mol. The van der Waals surface area contributed by atoms with Crippen LogP contribution in [0.1, 0.15) is 5.56 Å². The first-order valence-electron chi connectivity index (χ1n) is 5.05. The van der Waals surface area contributed by atoms with Crippen LogP contribution < -0.4 is 40.6 Å². The van der Waals surface area contributed by atoms with Gasteiger partial charge in [0.15, 0.2) is 0 Å². The molecule has 1 aromatic rings. The van der Waals surface area contributed by atoms with Gasteiger partial charge in [0.1, 0.15) is 26.9 Å². The fraction of sp³-hybridized carbons (Fsp3) is 0.222. The van der Waals surface area contributed by atoms with Crippen molar-refractivity contribution >= 4 is 27.5 Å². The van der Waals surface area contributed by atoms with Crippen molar-refractivity contribution in [3.8, 4) is 5.75 Å². The number of amides is 2. The van der Waals surface area contributed by atoms with Gasteiger partial charge in [-0.3, -0.25) is 0 Å². The molecule has 1 atom stereocenters. The van der Waals surface area contributed by atoms with Crippen LogP contribution in [0, 0.1) is 0 Å². The van der Waals surface area contributed by atoms with Gasteiger partial charge in [-0.2, -0.15) is 0 Å². The first-order chi connectivity index (χ1) is 8.77. The van der Waals surface area contributed by atoms with Crippen LogP contribution in [0.3, 0.4) is 0 Å². The molecule has 20 heavy (non-hydrogen) atoms. The Morgan fingerprint density at radius 3 is 2.70 bits per heavy atom. The van der Waals surface area contributed by atoms with Crippen LogP contribution in [0.15, 0.2) is 22.4 Å². The van der Waals surface area contributed by atoms with Crippen LogP contribution in [-0.2, 0) is 16.5 Å². The number of carbonyl (C=O) groups is 1. The third-order valence-corrected chi connectivity index (χ3v) is 3.51. The molecule has 9 nitrogen and oxygen atoms in total. The number of urea groups is 1. The number of phenols is 1. The van der Waals surface area contributed by atoms with Gasteiger partial charge in [-0.25, -0.2) is 13.2 Å². The largest absolute Gasteiger partial charge is 1.00 e. The monoisotopic (exact) mass is 308 g/mol. The van der Waals surface area contributed by atoms with Crippen LogP contribution in [-0.4, -0.2) is 29.5 Å². The number of hydrogen-bond acceptors (Lipinski definition) is 7. The molecule has 11 heteroatoms. The summed E-state index contributed by atoms with van der Waals surface area (Å²) >= 11 is 0. The van der Waals surface area contributed by atoms with Crippen molar-refractivity contribution in [3.05, 3.63) is 17.7 Å². The number of azo groups is 1. The Labute approximate surface area is 136 Å². The molecule has 1 heterocycles. The normalized spacial score (nSPS) is 17.4. The van der Waals surface area contributed by atoms with E-state index in [1.54, 1.807) is 0 Å². The van der Waals surface area contributed by atoms with Crippen molar-refractivity contribution in [1.29, 1.82) is 0 Å². The molecule has 2 rings (SSSR count). The Balaban J connectivity index is 0.00000200. The minimum Gasteiger partial charge on any atom is -0.746 e. The minimum atomic E-state index is -4.49. The third-order valence-electron chi connectivity index (χ3n) is 2.53. The molecule has 2 amide bonds. The maximum Gasteiger partial charge on any atom is 1.00 e.